The third-order valence-corrected chi connectivity index (χ3v) is 3.95. The van der Waals surface area contributed by atoms with Gasteiger partial charge in [0, 0.05) is 11.8 Å². The van der Waals surface area contributed by atoms with E-state index >= 15 is 0 Å². The fourth-order valence-electron chi connectivity index (χ4n) is 3.02. The Morgan fingerprint density at radius 1 is 0.833 bits per heavy atom. The number of allylic oxidation sites excluding steroid dienone is 8. The van der Waals surface area contributed by atoms with Crippen LogP contribution in [0, 0.1) is 22.7 Å². The topological polar surface area (TPSA) is 0 Å². The van der Waals surface area contributed by atoms with E-state index in [9.17, 15) is 0 Å². The molecule has 0 saturated carbocycles. The molecule has 0 saturated heterocycles. The van der Waals surface area contributed by atoms with Gasteiger partial charge in [0.25, 0.3) is 0 Å². The summed E-state index contributed by atoms with van der Waals surface area (Å²) in [4.78, 5) is 0. The molecule has 0 heterocycles. The first kappa shape index (κ1) is 13.4. The van der Waals surface area contributed by atoms with Gasteiger partial charge < -0.3 is 0 Å². The van der Waals surface area contributed by atoms with Gasteiger partial charge in [0.05, 0.1) is 0 Å². The van der Waals surface area contributed by atoms with Crippen LogP contribution in [0.2, 0.25) is 0 Å². The smallest absolute Gasteiger partial charge is 0.0175 e. The summed E-state index contributed by atoms with van der Waals surface area (Å²) in [5, 5.41) is 0. The van der Waals surface area contributed by atoms with Crippen LogP contribution >= 0.6 is 0 Å². The monoisotopic (exact) mass is 242 g/mol. The lowest BCUT2D eigenvalue weighted by Crippen LogP contribution is -2.23. The minimum Gasteiger partial charge on any atom is -0.0765 e. The third kappa shape index (κ3) is 2.39. The Kier molecular flexibility index (Phi) is 3.17. The summed E-state index contributed by atoms with van der Waals surface area (Å²) >= 11 is 0. The van der Waals surface area contributed by atoms with E-state index in [2.05, 4.69) is 78.0 Å². The summed E-state index contributed by atoms with van der Waals surface area (Å²) in [6.45, 7) is 14.0. The zero-order chi connectivity index (χ0) is 13.6. The molecule has 0 aromatic heterocycles. The molecule has 0 N–H and O–H groups in total. The average molecular weight is 242 g/mol. The Bertz CT molecular complexity index is 429. The predicted molar refractivity (Wildman–Crippen MR) is 80.3 cm³/mol. The molecule has 2 aliphatic rings. The highest BCUT2D eigenvalue weighted by atomic mass is 14.4. The Morgan fingerprint density at radius 3 is 1.83 bits per heavy atom. The van der Waals surface area contributed by atoms with Crippen LogP contribution in [0.5, 0.6) is 0 Å². The molecule has 2 aliphatic carbocycles. The first-order valence-corrected chi connectivity index (χ1v) is 6.99. The second-order valence-corrected chi connectivity index (χ2v) is 7.62. The van der Waals surface area contributed by atoms with Gasteiger partial charge in [0.1, 0.15) is 0 Å². The van der Waals surface area contributed by atoms with Crippen molar-refractivity contribution in [2.24, 2.45) is 22.7 Å². The van der Waals surface area contributed by atoms with Crippen molar-refractivity contribution >= 4 is 0 Å². The molecule has 1 unspecified atom stereocenters. The summed E-state index contributed by atoms with van der Waals surface area (Å²) in [6, 6.07) is 0. The fourth-order valence-corrected chi connectivity index (χ4v) is 3.02. The van der Waals surface area contributed by atoms with Crippen molar-refractivity contribution in [1.29, 1.82) is 0 Å². The molecule has 0 heteroatoms. The average Bonchev–Trinajstić information content (AvgIpc) is 2.83. The quantitative estimate of drug-likeness (QED) is 0.585. The molecule has 98 valence electrons. The standard InChI is InChI=1S/C18H26/c1-17(2,3)14-11-12-15(18(4,5)6)16(14)13-9-7-8-10-13/h7-14H,1-6H3. The van der Waals surface area contributed by atoms with E-state index in [1.807, 2.05) is 0 Å². The number of hydrogen-bond donors (Lipinski definition) is 0. The summed E-state index contributed by atoms with van der Waals surface area (Å²) in [5.41, 5.74) is 3.67. The fraction of sp³-hybridized carbons (Fsp3) is 0.556. The molecule has 1 atom stereocenters. The SMILES string of the molecule is CC(C)(C)C1=C(C2C=CC=C2)C(C(C)(C)C)C=C1. The number of rotatable bonds is 1. The van der Waals surface area contributed by atoms with Crippen LogP contribution in [-0.2, 0) is 0 Å². The highest BCUT2D eigenvalue weighted by molar-refractivity contribution is 5.47. The normalized spacial score (nSPS) is 24.7. The first-order chi connectivity index (χ1) is 8.21. The maximum atomic E-state index is 2.41. The molecular weight excluding hydrogens is 216 g/mol. The molecule has 0 aromatic rings. The molecule has 0 aromatic carbocycles. The van der Waals surface area contributed by atoms with E-state index in [-0.39, 0.29) is 5.41 Å². The zero-order valence-corrected chi connectivity index (χ0v) is 12.6. The number of hydrogen-bond acceptors (Lipinski definition) is 0. The van der Waals surface area contributed by atoms with Gasteiger partial charge >= 0.3 is 0 Å². The Hall–Kier alpha value is -1.04. The van der Waals surface area contributed by atoms with Gasteiger partial charge in [0.15, 0.2) is 0 Å². The maximum Gasteiger partial charge on any atom is 0.0175 e. The minimum absolute atomic E-state index is 0.232. The zero-order valence-electron chi connectivity index (χ0n) is 12.6. The van der Waals surface area contributed by atoms with Gasteiger partial charge in [-0.25, -0.2) is 0 Å². The highest BCUT2D eigenvalue weighted by Gasteiger charge is 2.36. The summed E-state index contributed by atoms with van der Waals surface area (Å²) in [5.74, 6) is 1.06. The van der Waals surface area contributed by atoms with Crippen LogP contribution in [0.4, 0.5) is 0 Å². The second-order valence-electron chi connectivity index (χ2n) is 7.62. The van der Waals surface area contributed by atoms with Crippen molar-refractivity contribution in [3.8, 4) is 0 Å². The van der Waals surface area contributed by atoms with Crippen LogP contribution < -0.4 is 0 Å². The van der Waals surface area contributed by atoms with E-state index in [1.165, 1.54) is 5.57 Å². The predicted octanol–water partition coefficient (Wildman–Crippen LogP) is 5.30. The summed E-state index contributed by atoms with van der Waals surface area (Å²) < 4.78 is 0. The van der Waals surface area contributed by atoms with Gasteiger partial charge in [-0.3, -0.25) is 0 Å². The molecule has 0 nitrogen and oxygen atoms in total. The third-order valence-electron chi connectivity index (χ3n) is 3.95. The lowest BCUT2D eigenvalue weighted by molar-refractivity contribution is 0.321. The lowest BCUT2D eigenvalue weighted by Gasteiger charge is -2.33. The van der Waals surface area contributed by atoms with Crippen LogP contribution in [0.25, 0.3) is 0 Å². The Labute approximate surface area is 112 Å². The molecule has 0 spiro atoms. The molecule has 0 radical (unpaired) electrons. The largest absolute Gasteiger partial charge is 0.0765 e. The summed E-state index contributed by atoms with van der Waals surface area (Å²) in [6.07, 6.45) is 13.8. The molecular formula is C18H26. The van der Waals surface area contributed by atoms with E-state index in [4.69, 9.17) is 0 Å². The molecule has 18 heavy (non-hydrogen) atoms. The van der Waals surface area contributed by atoms with E-state index in [1.54, 1.807) is 5.57 Å². The summed E-state index contributed by atoms with van der Waals surface area (Å²) in [7, 11) is 0. The second kappa shape index (κ2) is 4.26. The van der Waals surface area contributed by atoms with Crippen LogP contribution in [-0.4, -0.2) is 0 Å². The molecule has 2 rings (SSSR count). The van der Waals surface area contributed by atoms with Crippen LogP contribution in [0.15, 0.2) is 47.6 Å². The first-order valence-electron chi connectivity index (χ1n) is 6.99. The van der Waals surface area contributed by atoms with Gasteiger partial charge in [-0.05, 0) is 22.0 Å². The van der Waals surface area contributed by atoms with Crippen molar-refractivity contribution < 1.29 is 0 Å². The Balaban J connectivity index is 2.49. The molecule has 0 fully saturated rings. The molecule has 0 amide bonds. The van der Waals surface area contributed by atoms with Gasteiger partial charge in [-0.1, -0.05) is 78.0 Å². The van der Waals surface area contributed by atoms with E-state index < -0.39 is 0 Å². The van der Waals surface area contributed by atoms with Crippen molar-refractivity contribution in [2.45, 2.75) is 41.5 Å². The van der Waals surface area contributed by atoms with Crippen molar-refractivity contribution in [3.63, 3.8) is 0 Å². The van der Waals surface area contributed by atoms with Crippen molar-refractivity contribution in [2.75, 3.05) is 0 Å². The minimum atomic E-state index is 0.232. The van der Waals surface area contributed by atoms with Crippen molar-refractivity contribution in [1.82, 2.24) is 0 Å². The molecule has 0 bridgehead atoms. The van der Waals surface area contributed by atoms with Gasteiger partial charge in [-0.15, -0.1) is 0 Å². The Morgan fingerprint density at radius 2 is 1.39 bits per heavy atom. The van der Waals surface area contributed by atoms with Gasteiger partial charge in [0.2, 0.25) is 0 Å². The van der Waals surface area contributed by atoms with E-state index in [0.29, 0.717) is 17.3 Å². The van der Waals surface area contributed by atoms with Gasteiger partial charge in [-0.2, -0.15) is 0 Å². The van der Waals surface area contributed by atoms with Crippen molar-refractivity contribution in [3.05, 3.63) is 47.6 Å². The highest BCUT2D eigenvalue weighted by Crippen LogP contribution is 2.48. The van der Waals surface area contributed by atoms with E-state index in [0.717, 1.165) is 0 Å². The maximum absolute atomic E-state index is 2.41. The van der Waals surface area contributed by atoms with Crippen LogP contribution in [0.3, 0.4) is 0 Å². The van der Waals surface area contributed by atoms with Crippen LogP contribution in [0.1, 0.15) is 41.5 Å². The molecule has 0 aliphatic heterocycles. The lowest BCUT2D eigenvalue weighted by atomic mass is 9.71.